The van der Waals surface area contributed by atoms with E-state index in [1.165, 1.54) is 6.07 Å². The lowest BCUT2D eigenvalue weighted by Crippen LogP contribution is -2.25. The van der Waals surface area contributed by atoms with Crippen molar-refractivity contribution in [2.24, 2.45) is 0 Å². The highest BCUT2D eigenvalue weighted by Gasteiger charge is 2.31. The van der Waals surface area contributed by atoms with Crippen molar-refractivity contribution < 1.29 is 8.81 Å². The van der Waals surface area contributed by atoms with Crippen LogP contribution in [0, 0.1) is 17.1 Å². The summed E-state index contributed by atoms with van der Waals surface area (Å²) in [5.41, 5.74) is 0.766. The van der Waals surface area contributed by atoms with Gasteiger partial charge in [0.25, 0.3) is 0 Å². The monoisotopic (exact) mass is 256 g/mol. The van der Waals surface area contributed by atoms with Crippen LogP contribution in [-0.4, -0.2) is 6.04 Å². The SMILES string of the molecule is N#Cc1c(F)cccc1N(Cc1ccco1)C1CC1. The molecular weight excluding hydrogens is 243 g/mol. The molecule has 1 saturated carbocycles. The van der Waals surface area contributed by atoms with Crippen molar-refractivity contribution in [3.63, 3.8) is 0 Å². The second-order valence-electron chi connectivity index (χ2n) is 4.68. The highest BCUT2D eigenvalue weighted by atomic mass is 19.1. The van der Waals surface area contributed by atoms with Gasteiger partial charge in [-0.15, -0.1) is 0 Å². The van der Waals surface area contributed by atoms with Crippen molar-refractivity contribution in [3.8, 4) is 6.07 Å². The van der Waals surface area contributed by atoms with Gasteiger partial charge in [-0.05, 0) is 37.1 Å². The standard InChI is InChI=1S/C15H13FN2O/c16-14-4-1-5-15(13(14)9-17)18(11-6-7-11)10-12-3-2-8-19-12/h1-5,8,11H,6-7,10H2. The average Bonchev–Trinajstić information content (AvgIpc) is 3.13. The Labute approximate surface area is 110 Å². The summed E-state index contributed by atoms with van der Waals surface area (Å²) < 4.78 is 19.0. The van der Waals surface area contributed by atoms with Crippen LogP contribution >= 0.6 is 0 Å². The first kappa shape index (κ1) is 11.8. The Bertz CT molecular complexity index is 612. The van der Waals surface area contributed by atoms with Crippen LogP contribution in [0.25, 0.3) is 0 Å². The lowest BCUT2D eigenvalue weighted by molar-refractivity contribution is 0.500. The first-order valence-corrected chi connectivity index (χ1v) is 6.27. The number of furan rings is 1. The number of anilines is 1. The van der Waals surface area contributed by atoms with E-state index in [0.717, 1.165) is 18.6 Å². The molecule has 0 atom stereocenters. The predicted molar refractivity (Wildman–Crippen MR) is 69.0 cm³/mol. The molecule has 1 aliphatic carbocycles. The number of rotatable bonds is 4. The Morgan fingerprint density at radius 3 is 2.79 bits per heavy atom. The van der Waals surface area contributed by atoms with E-state index >= 15 is 0 Å². The van der Waals surface area contributed by atoms with Crippen molar-refractivity contribution >= 4 is 5.69 Å². The van der Waals surface area contributed by atoms with E-state index < -0.39 is 5.82 Å². The first-order chi connectivity index (χ1) is 9.29. The summed E-state index contributed by atoms with van der Waals surface area (Å²) in [5.74, 6) is 0.352. The van der Waals surface area contributed by atoms with Crippen molar-refractivity contribution in [2.75, 3.05) is 4.90 Å². The van der Waals surface area contributed by atoms with Gasteiger partial charge in [0.15, 0.2) is 0 Å². The largest absolute Gasteiger partial charge is 0.467 e. The highest BCUT2D eigenvalue weighted by Crippen LogP contribution is 2.35. The van der Waals surface area contributed by atoms with Gasteiger partial charge < -0.3 is 9.32 Å². The Morgan fingerprint density at radius 2 is 2.16 bits per heavy atom. The quantitative estimate of drug-likeness (QED) is 0.841. The molecular formula is C15H13FN2O. The number of benzene rings is 1. The third-order valence-electron chi connectivity index (χ3n) is 3.31. The van der Waals surface area contributed by atoms with E-state index in [-0.39, 0.29) is 5.56 Å². The molecule has 0 radical (unpaired) electrons. The summed E-state index contributed by atoms with van der Waals surface area (Å²) in [6, 6.07) is 10.8. The minimum absolute atomic E-state index is 0.112. The molecule has 1 aliphatic rings. The molecule has 3 rings (SSSR count). The topological polar surface area (TPSA) is 40.2 Å². The van der Waals surface area contributed by atoms with Gasteiger partial charge in [0.1, 0.15) is 23.2 Å². The zero-order valence-corrected chi connectivity index (χ0v) is 10.3. The third-order valence-corrected chi connectivity index (χ3v) is 3.31. The number of nitriles is 1. The fourth-order valence-corrected chi connectivity index (χ4v) is 2.23. The first-order valence-electron chi connectivity index (χ1n) is 6.27. The van der Waals surface area contributed by atoms with Gasteiger partial charge in [-0.1, -0.05) is 6.07 Å². The minimum Gasteiger partial charge on any atom is -0.467 e. The fourth-order valence-electron chi connectivity index (χ4n) is 2.23. The Morgan fingerprint density at radius 1 is 1.32 bits per heavy atom. The molecule has 1 aromatic heterocycles. The average molecular weight is 256 g/mol. The summed E-state index contributed by atoms with van der Waals surface area (Å²) in [5, 5.41) is 9.14. The molecule has 3 nitrogen and oxygen atoms in total. The molecule has 1 heterocycles. The molecule has 0 bridgehead atoms. The molecule has 0 aliphatic heterocycles. The van der Waals surface area contributed by atoms with Gasteiger partial charge in [0.05, 0.1) is 18.5 Å². The molecule has 0 spiro atoms. The number of hydrogen-bond donors (Lipinski definition) is 0. The lowest BCUT2D eigenvalue weighted by atomic mass is 10.1. The predicted octanol–water partition coefficient (Wildman–Crippen LogP) is 3.46. The zero-order valence-electron chi connectivity index (χ0n) is 10.3. The van der Waals surface area contributed by atoms with Gasteiger partial charge in [-0.3, -0.25) is 0 Å². The molecule has 0 saturated heterocycles. The van der Waals surface area contributed by atoms with Crippen molar-refractivity contribution in [1.82, 2.24) is 0 Å². The van der Waals surface area contributed by atoms with Gasteiger partial charge in [0, 0.05) is 6.04 Å². The van der Waals surface area contributed by atoms with Crippen molar-refractivity contribution in [1.29, 1.82) is 5.26 Å². The van der Waals surface area contributed by atoms with Crippen molar-refractivity contribution in [3.05, 3.63) is 53.7 Å². The number of halogens is 1. The number of nitrogens with zero attached hydrogens (tertiary/aromatic N) is 2. The molecule has 2 aromatic rings. The van der Waals surface area contributed by atoms with Gasteiger partial charge >= 0.3 is 0 Å². The summed E-state index contributed by atoms with van der Waals surface area (Å²) >= 11 is 0. The lowest BCUT2D eigenvalue weighted by Gasteiger charge is -2.24. The van der Waals surface area contributed by atoms with Crippen LogP contribution in [0.5, 0.6) is 0 Å². The molecule has 4 heteroatoms. The molecule has 0 amide bonds. The normalized spacial score (nSPS) is 14.1. The van der Waals surface area contributed by atoms with Crippen LogP contribution in [-0.2, 0) is 6.54 Å². The minimum atomic E-state index is -0.468. The molecule has 0 N–H and O–H groups in total. The maximum atomic E-state index is 13.7. The van der Waals surface area contributed by atoms with Gasteiger partial charge in [-0.2, -0.15) is 5.26 Å². The molecule has 1 aromatic carbocycles. The van der Waals surface area contributed by atoms with Gasteiger partial charge in [-0.25, -0.2) is 4.39 Å². The van der Waals surface area contributed by atoms with E-state index in [1.54, 1.807) is 18.4 Å². The van der Waals surface area contributed by atoms with Crippen LogP contribution in [0.3, 0.4) is 0 Å². The van der Waals surface area contributed by atoms with Crippen molar-refractivity contribution in [2.45, 2.75) is 25.4 Å². The maximum absolute atomic E-state index is 13.7. The van der Waals surface area contributed by atoms with E-state index in [4.69, 9.17) is 9.68 Å². The summed E-state index contributed by atoms with van der Waals surface area (Å²) in [4.78, 5) is 2.06. The van der Waals surface area contributed by atoms with E-state index in [1.807, 2.05) is 18.2 Å². The second kappa shape index (κ2) is 4.77. The Hall–Kier alpha value is -2.28. The molecule has 1 fully saturated rings. The molecule has 0 unspecified atom stereocenters. The van der Waals surface area contributed by atoms with E-state index in [0.29, 0.717) is 18.3 Å². The van der Waals surface area contributed by atoms with Crippen LogP contribution in [0.2, 0.25) is 0 Å². The maximum Gasteiger partial charge on any atom is 0.143 e. The van der Waals surface area contributed by atoms with E-state index in [9.17, 15) is 4.39 Å². The summed E-state index contributed by atoms with van der Waals surface area (Å²) in [6.45, 7) is 0.565. The molecule has 96 valence electrons. The fraction of sp³-hybridized carbons (Fsp3) is 0.267. The van der Waals surface area contributed by atoms with Gasteiger partial charge in [0.2, 0.25) is 0 Å². The number of hydrogen-bond acceptors (Lipinski definition) is 3. The summed E-state index contributed by atoms with van der Waals surface area (Å²) in [6.07, 6.45) is 3.77. The third kappa shape index (κ3) is 2.32. The van der Waals surface area contributed by atoms with E-state index in [2.05, 4.69) is 4.90 Å². The van der Waals surface area contributed by atoms with Crippen LogP contribution in [0.15, 0.2) is 41.0 Å². The highest BCUT2D eigenvalue weighted by molar-refractivity contribution is 5.61. The zero-order chi connectivity index (χ0) is 13.2. The summed E-state index contributed by atoms with van der Waals surface area (Å²) in [7, 11) is 0. The second-order valence-corrected chi connectivity index (χ2v) is 4.68. The Kier molecular flexibility index (Phi) is 2.96. The Balaban J connectivity index is 1.97. The van der Waals surface area contributed by atoms with Crippen LogP contribution in [0.4, 0.5) is 10.1 Å². The molecule has 19 heavy (non-hydrogen) atoms. The smallest absolute Gasteiger partial charge is 0.143 e. The van der Waals surface area contributed by atoms with Crippen LogP contribution < -0.4 is 4.90 Å². The van der Waals surface area contributed by atoms with Crippen LogP contribution in [0.1, 0.15) is 24.2 Å².